The van der Waals surface area contributed by atoms with E-state index in [1.807, 2.05) is 84.9 Å². The first-order valence-corrected chi connectivity index (χ1v) is 23.4. The Bertz CT molecular complexity index is 2110. The molecule has 0 heterocycles. The zero-order valence-electron chi connectivity index (χ0n) is 37.0. The van der Waals surface area contributed by atoms with Gasteiger partial charge in [0.2, 0.25) is 0 Å². The van der Waals surface area contributed by atoms with Crippen molar-refractivity contribution in [2.45, 2.75) is 116 Å². The molecule has 0 aliphatic rings. The van der Waals surface area contributed by atoms with Crippen LogP contribution in [0, 0.1) is 0 Å². The van der Waals surface area contributed by atoms with Gasteiger partial charge >= 0.3 is 11.9 Å². The molecule has 0 aliphatic carbocycles. The van der Waals surface area contributed by atoms with Crippen LogP contribution in [0.5, 0.6) is 23.0 Å². The summed E-state index contributed by atoms with van der Waals surface area (Å²) in [7, 11) is 0. The van der Waals surface area contributed by atoms with Crippen LogP contribution < -0.4 is 18.9 Å². The highest BCUT2D eigenvalue weighted by molar-refractivity contribution is 6.32. The molecule has 0 spiro atoms. The molecule has 0 saturated heterocycles. The van der Waals surface area contributed by atoms with Gasteiger partial charge in [-0.2, -0.15) is 0 Å². The average molecular weight is 870 g/mol. The Morgan fingerprint density at radius 1 is 0.413 bits per heavy atom. The number of ether oxygens (including phenoxy) is 4. The Kier molecular flexibility index (Phi) is 21.7. The van der Waals surface area contributed by atoms with Crippen molar-refractivity contribution < 1.29 is 28.5 Å². The minimum atomic E-state index is -0.582. The zero-order valence-corrected chi connectivity index (χ0v) is 37.8. The van der Waals surface area contributed by atoms with Crippen LogP contribution in [-0.2, 0) is 0 Å². The predicted octanol–water partition coefficient (Wildman–Crippen LogP) is 16.3. The fourth-order valence-corrected chi connectivity index (χ4v) is 7.47. The van der Waals surface area contributed by atoms with Crippen molar-refractivity contribution in [2.24, 2.45) is 0 Å². The molecule has 0 aliphatic heterocycles. The monoisotopic (exact) mass is 868 g/mol. The number of benzene rings is 5. The summed E-state index contributed by atoms with van der Waals surface area (Å²) >= 11 is 6.40. The topological polar surface area (TPSA) is 71.1 Å². The molecule has 0 aromatic heterocycles. The fourth-order valence-electron chi connectivity index (χ4n) is 7.32. The van der Waals surface area contributed by atoms with Gasteiger partial charge in [-0.1, -0.05) is 149 Å². The molecule has 5 aromatic rings. The van der Waals surface area contributed by atoms with Crippen molar-refractivity contribution in [1.82, 2.24) is 0 Å². The van der Waals surface area contributed by atoms with Crippen molar-refractivity contribution in [3.05, 3.63) is 157 Å². The number of esters is 2. The Labute approximate surface area is 381 Å². The summed E-state index contributed by atoms with van der Waals surface area (Å²) in [6, 6.07) is 34.9. The third kappa shape index (κ3) is 17.6. The first-order valence-electron chi connectivity index (χ1n) is 23.1. The second kappa shape index (κ2) is 28.2. The van der Waals surface area contributed by atoms with Crippen molar-refractivity contribution in [1.29, 1.82) is 0 Å². The van der Waals surface area contributed by atoms with Crippen LogP contribution in [0.25, 0.3) is 22.3 Å². The molecule has 63 heavy (non-hydrogen) atoms. The van der Waals surface area contributed by atoms with Gasteiger partial charge in [0.1, 0.15) is 17.2 Å². The normalized spacial score (nSPS) is 10.9. The molecule has 7 heteroatoms. The third-order valence-corrected chi connectivity index (χ3v) is 11.4. The van der Waals surface area contributed by atoms with Crippen molar-refractivity contribution in [3.63, 3.8) is 0 Å². The molecular formula is C56H65ClO6. The van der Waals surface area contributed by atoms with E-state index < -0.39 is 11.9 Å². The van der Waals surface area contributed by atoms with Crippen molar-refractivity contribution in [3.8, 4) is 45.3 Å². The zero-order chi connectivity index (χ0) is 44.3. The quantitative estimate of drug-likeness (QED) is 0.0198. The molecule has 0 fully saturated rings. The molecule has 0 unspecified atom stereocenters. The van der Waals surface area contributed by atoms with Gasteiger partial charge in [0.15, 0.2) is 5.75 Å². The SMILES string of the molecule is C=CCCCCCCCCCCOc1ccc(-c2ccc(C(=O)Oc3ccc(Cl)c(OC(=O)c4ccc(-c5ccc(OCCCCCCCCCCC=C)cc5)cc4)c3)cc2)cc1. The Hall–Kier alpha value is -5.59. The molecule has 5 rings (SSSR count). The van der Waals surface area contributed by atoms with Crippen LogP contribution in [0.1, 0.15) is 136 Å². The minimum Gasteiger partial charge on any atom is -0.494 e. The summed E-state index contributed by atoms with van der Waals surface area (Å²) in [5.41, 5.74) is 4.68. The van der Waals surface area contributed by atoms with Gasteiger partial charge in [-0.3, -0.25) is 0 Å². The van der Waals surface area contributed by atoms with Crippen LogP contribution in [-0.4, -0.2) is 25.2 Å². The summed E-state index contributed by atoms with van der Waals surface area (Å²) in [5.74, 6) is 0.857. The Balaban J connectivity index is 1.01. The molecule has 0 N–H and O–H groups in total. The lowest BCUT2D eigenvalue weighted by atomic mass is 10.0. The Morgan fingerprint density at radius 2 is 0.746 bits per heavy atom. The standard InChI is InChI=1S/C56H65ClO6/c1-3-5-7-9-11-13-15-17-19-21-41-60-50-35-31-46(32-36-50)44-23-27-48(28-24-44)55(58)62-52-39-40-53(57)54(43-52)63-56(59)49-29-25-45(26-30-49)47-33-37-51(38-34-47)61-42-22-20-18-16-14-12-10-8-6-4-2/h3-4,23-40,43H,1-2,5-22,41-42H2. The second-order valence-electron chi connectivity index (χ2n) is 16.1. The van der Waals surface area contributed by atoms with Crippen LogP contribution in [0.2, 0.25) is 5.02 Å². The molecule has 0 saturated carbocycles. The van der Waals surface area contributed by atoms with E-state index >= 15 is 0 Å². The van der Waals surface area contributed by atoms with Crippen molar-refractivity contribution >= 4 is 23.5 Å². The average Bonchev–Trinajstić information content (AvgIpc) is 3.31. The van der Waals surface area contributed by atoms with Gasteiger partial charge in [-0.25, -0.2) is 9.59 Å². The number of allylic oxidation sites excluding steroid dienone is 2. The first-order chi connectivity index (χ1) is 30.9. The van der Waals surface area contributed by atoms with E-state index in [0.29, 0.717) is 24.3 Å². The number of unbranched alkanes of at least 4 members (excludes halogenated alkanes) is 16. The van der Waals surface area contributed by atoms with Gasteiger partial charge in [-0.15, -0.1) is 13.2 Å². The van der Waals surface area contributed by atoms with Crippen molar-refractivity contribution in [2.75, 3.05) is 13.2 Å². The summed E-state index contributed by atoms with van der Waals surface area (Å²) in [6.45, 7) is 9.00. The molecule has 0 radical (unpaired) electrons. The van der Waals surface area contributed by atoms with Crippen LogP contribution >= 0.6 is 11.6 Å². The summed E-state index contributed by atoms with van der Waals surface area (Å²) in [5, 5.41) is 0.213. The highest BCUT2D eigenvalue weighted by atomic mass is 35.5. The van der Waals surface area contributed by atoms with Crippen LogP contribution in [0.3, 0.4) is 0 Å². The van der Waals surface area contributed by atoms with Gasteiger partial charge in [0, 0.05) is 6.07 Å². The van der Waals surface area contributed by atoms with Gasteiger partial charge in [0.25, 0.3) is 0 Å². The van der Waals surface area contributed by atoms with E-state index in [0.717, 1.165) is 59.4 Å². The molecule has 0 bridgehead atoms. The van der Waals surface area contributed by atoms with E-state index in [4.69, 9.17) is 30.5 Å². The summed E-state index contributed by atoms with van der Waals surface area (Å²) in [6.07, 6.45) is 26.2. The highest BCUT2D eigenvalue weighted by Gasteiger charge is 2.15. The third-order valence-electron chi connectivity index (χ3n) is 11.1. The molecule has 0 atom stereocenters. The largest absolute Gasteiger partial charge is 0.494 e. The smallest absolute Gasteiger partial charge is 0.343 e. The summed E-state index contributed by atoms with van der Waals surface area (Å²) in [4.78, 5) is 26.2. The number of hydrogen-bond donors (Lipinski definition) is 0. The summed E-state index contributed by atoms with van der Waals surface area (Å²) < 4.78 is 23.2. The van der Waals surface area contributed by atoms with E-state index in [9.17, 15) is 9.59 Å². The second-order valence-corrected chi connectivity index (χ2v) is 16.5. The lowest BCUT2D eigenvalue weighted by Crippen LogP contribution is -2.10. The van der Waals surface area contributed by atoms with E-state index in [1.165, 1.54) is 102 Å². The van der Waals surface area contributed by atoms with E-state index in [1.54, 1.807) is 30.3 Å². The van der Waals surface area contributed by atoms with Crippen LogP contribution in [0.15, 0.2) is 141 Å². The molecule has 0 amide bonds. The first kappa shape index (κ1) is 48.4. The number of carbonyl (C=O) groups is 2. The van der Waals surface area contributed by atoms with Crippen LogP contribution in [0.4, 0.5) is 0 Å². The number of halogens is 1. The molecular weight excluding hydrogens is 804 g/mol. The number of carbonyl (C=O) groups excluding carboxylic acids is 2. The van der Waals surface area contributed by atoms with E-state index in [2.05, 4.69) is 13.2 Å². The molecule has 332 valence electrons. The Morgan fingerprint density at radius 3 is 1.14 bits per heavy atom. The molecule has 5 aromatic carbocycles. The highest BCUT2D eigenvalue weighted by Crippen LogP contribution is 2.31. The predicted molar refractivity (Wildman–Crippen MR) is 260 cm³/mol. The number of rotatable bonds is 30. The lowest BCUT2D eigenvalue weighted by Gasteiger charge is -2.11. The maximum Gasteiger partial charge on any atom is 0.343 e. The maximum absolute atomic E-state index is 13.1. The van der Waals surface area contributed by atoms with E-state index in [-0.39, 0.29) is 16.5 Å². The van der Waals surface area contributed by atoms with Gasteiger partial charge in [-0.05, 0) is 121 Å². The molecule has 6 nitrogen and oxygen atoms in total. The maximum atomic E-state index is 13.1. The lowest BCUT2D eigenvalue weighted by molar-refractivity contribution is 0.0733. The fraction of sp³-hybridized carbons (Fsp3) is 0.357. The minimum absolute atomic E-state index is 0.0883. The van der Waals surface area contributed by atoms with Gasteiger partial charge in [0.05, 0.1) is 29.4 Å². The van der Waals surface area contributed by atoms with Gasteiger partial charge < -0.3 is 18.9 Å². The number of hydrogen-bond acceptors (Lipinski definition) is 6.